The van der Waals surface area contributed by atoms with Gasteiger partial charge in [-0.3, -0.25) is 19.7 Å². The van der Waals surface area contributed by atoms with Gasteiger partial charge >= 0.3 is 0 Å². The van der Waals surface area contributed by atoms with Crippen molar-refractivity contribution >= 4 is 17.7 Å². The average Bonchev–Trinajstić information content (AvgIpc) is 2.99. The van der Waals surface area contributed by atoms with Gasteiger partial charge in [-0.05, 0) is 61.5 Å². The number of hydrogen-bond acceptors (Lipinski definition) is 5. The van der Waals surface area contributed by atoms with Gasteiger partial charge in [0.25, 0.3) is 5.91 Å². The summed E-state index contributed by atoms with van der Waals surface area (Å²) in [5.74, 6) is 0.628. The highest BCUT2D eigenvalue weighted by molar-refractivity contribution is 6.05. The maximum absolute atomic E-state index is 12.7. The molecule has 7 nitrogen and oxygen atoms in total. The Morgan fingerprint density at radius 3 is 2.86 bits per heavy atom. The van der Waals surface area contributed by atoms with Crippen molar-refractivity contribution in [1.29, 1.82) is 0 Å². The van der Waals surface area contributed by atoms with Gasteiger partial charge in [0.1, 0.15) is 6.04 Å². The summed E-state index contributed by atoms with van der Waals surface area (Å²) in [5.41, 5.74) is 2.77. The molecule has 3 aliphatic rings. The first-order valence-electron chi connectivity index (χ1n) is 10.2. The zero-order valence-corrected chi connectivity index (χ0v) is 16.3. The summed E-state index contributed by atoms with van der Waals surface area (Å²) in [6.07, 6.45) is 1.90. The number of nitrogens with zero attached hydrogens (tertiary/aromatic N) is 1. The fourth-order valence-corrected chi connectivity index (χ4v) is 4.47. The van der Waals surface area contributed by atoms with Crippen LogP contribution in [-0.4, -0.2) is 48.3 Å². The van der Waals surface area contributed by atoms with Crippen LogP contribution in [0.2, 0.25) is 0 Å². The van der Waals surface area contributed by atoms with Crippen LogP contribution < -0.4 is 16.0 Å². The van der Waals surface area contributed by atoms with E-state index in [1.807, 2.05) is 12.1 Å². The van der Waals surface area contributed by atoms with E-state index in [0.717, 1.165) is 43.2 Å². The number of fused-ring (bicyclic) bond motifs is 1. The predicted octanol–water partition coefficient (Wildman–Crippen LogP) is 0.783. The smallest absolute Gasteiger partial charge is 0.255 e. The lowest BCUT2D eigenvalue weighted by Crippen LogP contribution is -2.52. The second-order valence-electron chi connectivity index (χ2n) is 8.25. The fourth-order valence-electron chi connectivity index (χ4n) is 4.47. The molecule has 0 aromatic heterocycles. The largest absolute Gasteiger partial charge is 0.322 e. The molecule has 2 fully saturated rings. The second kappa shape index (κ2) is 8.01. The van der Waals surface area contributed by atoms with E-state index in [0.29, 0.717) is 24.4 Å². The molecule has 0 aliphatic carbocycles. The van der Waals surface area contributed by atoms with Gasteiger partial charge in [-0.1, -0.05) is 19.1 Å². The van der Waals surface area contributed by atoms with Crippen molar-refractivity contribution in [1.82, 2.24) is 20.9 Å². The Balaban J connectivity index is 1.37. The molecule has 2 saturated heterocycles. The Morgan fingerprint density at radius 2 is 2.07 bits per heavy atom. The molecule has 7 heteroatoms. The molecule has 28 heavy (non-hydrogen) atoms. The van der Waals surface area contributed by atoms with E-state index < -0.39 is 6.04 Å². The molecule has 3 aliphatic heterocycles. The van der Waals surface area contributed by atoms with Crippen LogP contribution in [0.1, 0.15) is 47.7 Å². The van der Waals surface area contributed by atoms with Crippen molar-refractivity contribution < 1.29 is 14.4 Å². The Morgan fingerprint density at radius 1 is 1.21 bits per heavy atom. The van der Waals surface area contributed by atoms with Crippen LogP contribution in [0.15, 0.2) is 18.2 Å². The monoisotopic (exact) mass is 384 g/mol. The minimum Gasteiger partial charge on any atom is -0.322 e. The summed E-state index contributed by atoms with van der Waals surface area (Å²) in [7, 11) is 0. The first-order valence-corrected chi connectivity index (χ1v) is 10.2. The van der Waals surface area contributed by atoms with Crippen LogP contribution in [0.3, 0.4) is 0 Å². The highest BCUT2D eigenvalue weighted by Crippen LogP contribution is 2.28. The third-order valence-electron chi connectivity index (χ3n) is 6.31. The van der Waals surface area contributed by atoms with Gasteiger partial charge in [0.2, 0.25) is 11.8 Å². The lowest BCUT2D eigenvalue weighted by Gasteiger charge is -2.29. The first kappa shape index (κ1) is 19.1. The molecule has 4 rings (SSSR count). The Labute approximate surface area is 165 Å². The van der Waals surface area contributed by atoms with Crippen LogP contribution in [0.5, 0.6) is 0 Å². The van der Waals surface area contributed by atoms with Gasteiger partial charge in [0, 0.05) is 25.1 Å². The summed E-state index contributed by atoms with van der Waals surface area (Å²) in [4.78, 5) is 37.8. The number of carbonyl (C=O) groups is 3. The Kier molecular flexibility index (Phi) is 5.46. The van der Waals surface area contributed by atoms with E-state index in [1.165, 1.54) is 6.42 Å². The lowest BCUT2D eigenvalue weighted by molar-refractivity contribution is -0.136. The van der Waals surface area contributed by atoms with E-state index >= 15 is 0 Å². The molecule has 3 heterocycles. The van der Waals surface area contributed by atoms with Crippen molar-refractivity contribution in [3.8, 4) is 0 Å². The topological polar surface area (TPSA) is 90.5 Å². The molecule has 1 aromatic rings. The van der Waals surface area contributed by atoms with Crippen LogP contribution in [-0.2, 0) is 22.7 Å². The number of piperidine rings is 2. The number of rotatable bonds is 5. The van der Waals surface area contributed by atoms with E-state index in [1.54, 1.807) is 4.90 Å². The van der Waals surface area contributed by atoms with Gasteiger partial charge in [-0.2, -0.15) is 0 Å². The Bertz CT molecular complexity index is 794. The molecular formula is C21H28N4O3. The van der Waals surface area contributed by atoms with Gasteiger partial charge in [0.05, 0.1) is 0 Å². The fraction of sp³-hybridized carbons (Fsp3) is 0.571. The van der Waals surface area contributed by atoms with Gasteiger partial charge < -0.3 is 15.5 Å². The zero-order valence-electron chi connectivity index (χ0n) is 16.3. The standard InChI is InChI=1S/C21H28N4O3/c1-13-6-7-22-10-16(13)11-23-9-14-2-3-17-15(8-14)12-25(21(17)28)18-4-5-19(26)24-20(18)27/h2-3,8,13,16,18,22-23H,4-7,9-12H2,1H3,(H,24,26,27). The van der Waals surface area contributed by atoms with E-state index in [-0.39, 0.29) is 24.1 Å². The highest BCUT2D eigenvalue weighted by atomic mass is 16.2. The number of amides is 3. The molecule has 3 N–H and O–H groups in total. The number of carbonyl (C=O) groups excluding carboxylic acids is 3. The molecule has 150 valence electrons. The maximum Gasteiger partial charge on any atom is 0.255 e. The van der Waals surface area contributed by atoms with Gasteiger partial charge in [-0.25, -0.2) is 0 Å². The lowest BCUT2D eigenvalue weighted by atomic mass is 9.88. The molecular weight excluding hydrogens is 356 g/mol. The number of nitrogens with one attached hydrogen (secondary N) is 3. The van der Waals surface area contributed by atoms with Crippen LogP contribution in [0.25, 0.3) is 0 Å². The summed E-state index contributed by atoms with van der Waals surface area (Å²) in [6.45, 7) is 6.67. The normalized spacial score (nSPS) is 27.7. The third kappa shape index (κ3) is 3.82. The Hall–Kier alpha value is -2.25. The molecule has 3 amide bonds. The highest BCUT2D eigenvalue weighted by Gasteiger charge is 2.39. The molecule has 3 unspecified atom stereocenters. The van der Waals surface area contributed by atoms with E-state index in [4.69, 9.17) is 0 Å². The third-order valence-corrected chi connectivity index (χ3v) is 6.31. The first-order chi connectivity index (χ1) is 13.5. The van der Waals surface area contributed by atoms with Gasteiger partial charge in [0.15, 0.2) is 0 Å². The number of hydrogen-bond donors (Lipinski definition) is 3. The summed E-state index contributed by atoms with van der Waals surface area (Å²) in [6, 6.07) is 5.36. The number of imide groups is 1. The molecule has 0 bridgehead atoms. The van der Waals surface area contributed by atoms with Crippen molar-refractivity contribution in [3.05, 3.63) is 34.9 Å². The quantitative estimate of drug-likeness (QED) is 0.653. The molecule has 1 aromatic carbocycles. The summed E-state index contributed by atoms with van der Waals surface area (Å²) in [5, 5.41) is 9.35. The van der Waals surface area contributed by atoms with Crippen LogP contribution >= 0.6 is 0 Å². The summed E-state index contributed by atoms with van der Waals surface area (Å²) < 4.78 is 0. The minimum atomic E-state index is -0.556. The summed E-state index contributed by atoms with van der Waals surface area (Å²) >= 11 is 0. The molecule has 0 radical (unpaired) electrons. The SMILES string of the molecule is CC1CCNCC1CNCc1ccc2c(c1)CN(C1CCC(=O)NC1=O)C2=O. The maximum atomic E-state index is 12.7. The second-order valence-corrected chi connectivity index (χ2v) is 8.25. The molecule has 3 atom stereocenters. The van der Waals surface area contributed by atoms with Crippen molar-refractivity contribution in [2.45, 2.75) is 45.3 Å². The van der Waals surface area contributed by atoms with Gasteiger partial charge in [-0.15, -0.1) is 0 Å². The van der Waals surface area contributed by atoms with Crippen LogP contribution in [0, 0.1) is 11.8 Å². The number of benzene rings is 1. The van der Waals surface area contributed by atoms with Crippen molar-refractivity contribution in [3.63, 3.8) is 0 Å². The van der Waals surface area contributed by atoms with E-state index in [2.05, 4.69) is 28.9 Å². The van der Waals surface area contributed by atoms with Crippen molar-refractivity contribution in [2.24, 2.45) is 11.8 Å². The minimum absolute atomic E-state index is 0.119. The van der Waals surface area contributed by atoms with E-state index in [9.17, 15) is 14.4 Å². The van der Waals surface area contributed by atoms with Crippen LogP contribution in [0.4, 0.5) is 0 Å². The zero-order chi connectivity index (χ0) is 19.7. The molecule has 0 spiro atoms. The average molecular weight is 384 g/mol. The van der Waals surface area contributed by atoms with Crippen molar-refractivity contribution in [2.75, 3.05) is 19.6 Å². The predicted molar refractivity (Wildman–Crippen MR) is 104 cm³/mol. The molecule has 0 saturated carbocycles.